The van der Waals surface area contributed by atoms with E-state index in [0.717, 1.165) is 16.8 Å². The molecule has 0 radical (unpaired) electrons. The molecule has 2 aromatic heterocycles. The molecule has 5 nitrogen and oxygen atoms in total. The fourth-order valence-electron chi connectivity index (χ4n) is 2.00. The molecule has 1 amide bonds. The summed E-state index contributed by atoms with van der Waals surface area (Å²) in [5.74, 6) is -0.216. The number of hydrogen-bond acceptors (Lipinski definition) is 3. The van der Waals surface area contributed by atoms with Gasteiger partial charge in [0, 0.05) is 23.6 Å². The van der Waals surface area contributed by atoms with Crippen LogP contribution < -0.4 is 5.32 Å². The number of hydrogen-bond donors (Lipinski definition) is 2. The molecule has 0 saturated heterocycles. The summed E-state index contributed by atoms with van der Waals surface area (Å²) < 4.78 is 0. The smallest absolute Gasteiger partial charge is 0.273 e. The molecule has 104 valence electrons. The molecule has 2 heterocycles. The number of amides is 1. The molecule has 3 aromatic rings. The number of aryl methyl sites for hydroxylation is 1. The van der Waals surface area contributed by atoms with Crippen molar-refractivity contribution >= 4 is 11.6 Å². The molecule has 0 saturated carbocycles. The molecule has 0 bridgehead atoms. The standard InChI is InChI=1S/C16H14N4O/c1-11-5-2-3-7-13(11)18-16(21)15-9-14(19-20-15)12-6-4-8-17-10-12/h2-10H,1H3,(H,18,21)(H,19,20). The summed E-state index contributed by atoms with van der Waals surface area (Å²) in [5, 5.41) is 9.77. The first-order valence-corrected chi connectivity index (χ1v) is 6.57. The van der Waals surface area contributed by atoms with Crippen molar-refractivity contribution < 1.29 is 4.79 Å². The van der Waals surface area contributed by atoms with Crippen LogP contribution in [-0.4, -0.2) is 21.1 Å². The van der Waals surface area contributed by atoms with E-state index >= 15 is 0 Å². The van der Waals surface area contributed by atoms with Crippen molar-refractivity contribution in [1.82, 2.24) is 15.2 Å². The van der Waals surface area contributed by atoms with Crippen LogP contribution in [0.25, 0.3) is 11.3 Å². The molecule has 3 rings (SSSR count). The van der Waals surface area contributed by atoms with Crippen molar-refractivity contribution in [3.63, 3.8) is 0 Å². The fourth-order valence-corrected chi connectivity index (χ4v) is 2.00. The van der Waals surface area contributed by atoms with E-state index < -0.39 is 0 Å². The lowest BCUT2D eigenvalue weighted by Gasteiger charge is -2.06. The highest BCUT2D eigenvalue weighted by molar-refractivity contribution is 6.03. The van der Waals surface area contributed by atoms with Gasteiger partial charge in [0.15, 0.2) is 0 Å². The Morgan fingerprint density at radius 1 is 1.19 bits per heavy atom. The summed E-state index contributed by atoms with van der Waals surface area (Å²) in [6.07, 6.45) is 3.40. The van der Waals surface area contributed by atoms with Crippen LogP contribution in [0.2, 0.25) is 0 Å². The maximum atomic E-state index is 12.2. The third-order valence-corrected chi connectivity index (χ3v) is 3.17. The summed E-state index contributed by atoms with van der Waals surface area (Å²) in [4.78, 5) is 16.3. The Bertz CT molecular complexity index is 765. The number of aromatic nitrogens is 3. The average molecular weight is 278 g/mol. The highest BCUT2D eigenvalue weighted by atomic mass is 16.1. The molecule has 0 fully saturated rings. The van der Waals surface area contributed by atoms with Gasteiger partial charge in [0.25, 0.3) is 5.91 Å². The molecule has 2 N–H and O–H groups in total. The van der Waals surface area contributed by atoms with Gasteiger partial charge in [0.1, 0.15) is 5.69 Å². The number of pyridine rings is 1. The number of rotatable bonds is 3. The van der Waals surface area contributed by atoms with Crippen molar-refractivity contribution in [1.29, 1.82) is 0 Å². The van der Waals surface area contributed by atoms with Crippen LogP contribution in [0.5, 0.6) is 0 Å². The Kier molecular flexibility index (Phi) is 3.47. The Balaban J connectivity index is 1.80. The van der Waals surface area contributed by atoms with Crippen molar-refractivity contribution in [3.8, 4) is 11.3 Å². The predicted octanol–water partition coefficient (Wildman–Crippen LogP) is 3.03. The Morgan fingerprint density at radius 3 is 2.81 bits per heavy atom. The van der Waals surface area contributed by atoms with E-state index in [1.807, 2.05) is 43.3 Å². The molecule has 0 aliphatic rings. The average Bonchev–Trinajstić information content (AvgIpc) is 3.00. The minimum atomic E-state index is -0.216. The van der Waals surface area contributed by atoms with E-state index in [1.165, 1.54) is 0 Å². The van der Waals surface area contributed by atoms with Crippen molar-refractivity contribution in [2.45, 2.75) is 6.92 Å². The largest absolute Gasteiger partial charge is 0.320 e. The van der Waals surface area contributed by atoms with Gasteiger partial charge < -0.3 is 5.32 Å². The summed E-state index contributed by atoms with van der Waals surface area (Å²) in [7, 11) is 0. The Labute approximate surface area is 122 Å². The quantitative estimate of drug-likeness (QED) is 0.773. The second-order valence-electron chi connectivity index (χ2n) is 4.68. The van der Waals surface area contributed by atoms with Crippen LogP contribution >= 0.6 is 0 Å². The zero-order chi connectivity index (χ0) is 14.7. The van der Waals surface area contributed by atoms with E-state index in [-0.39, 0.29) is 5.91 Å². The highest BCUT2D eigenvalue weighted by Crippen LogP contribution is 2.18. The second-order valence-corrected chi connectivity index (χ2v) is 4.68. The highest BCUT2D eigenvalue weighted by Gasteiger charge is 2.12. The molecule has 1 aromatic carbocycles. The lowest BCUT2D eigenvalue weighted by Crippen LogP contribution is -2.13. The molecule has 0 unspecified atom stereocenters. The number of para-hydroxylation sites is 1. The van der Waals surface area contributed by atoms with Crippen molar-refractivity contribution in [2.24, 2.45) is 0 Å². The minimum absolute atomic E-state index is 0.216. The zero-order valence-corrected chi connectivity index (χ0v) is 11.5. The third kappa shape index (κ3) is 2.81. The van der Waals surface area contributed by atoms with E-state index in [9.17, 15) is 4.79 Å². The van der Waals surface area contributed by atoms with Gasteiger partial charge in [-0.05, 0) is 36.8 Å². The number of nitrogens with one attached hydrogen (secondary N) is 2. The summed E-state index contributed by atoms with van der Waals surface area (Å²) in [6.45, 7) is 1.95. The minimum Gasteiger partial charge on any atom is -0.320 e. The fraction of sp³-hybridized carbons (Fsp3) is 0.0625. The van der Waals surface area contributed by atoms with E-state index in [2.05, 4.69) is 20.5 Å². The summed E-state index contributed by atoms with van der Waals surface area (Å²) in [5.41, 5.74) is 3.77. The Morgan fingerprint density at radius 2 is 2.05 bits per heavy atom. The predicted molar refractivity (Wildman–Crippen MR) is 81.0 cm³/mol. The van der Waals surface area contributed by atoms with Gasteiger partial charge in [-0.25, -0.2) is 0 Å². The van der Waals surface area contributed by atoms with Crippen LogP contribution in [0, 0.1) is 6.92 Å². The van der Waals surface area contributed by atoms with E-state index in [4.69, 9.17) is 0 Å². The number of carbonyl (C=O) groups is 1. The number of nitrogens with zero attached hydrogens (tertiary/aromatic N) is 2. The summed E-state index contributed by atoms with van der Waals surface area (Å²) >= 11 is 0. The topological polar surface area (TPSA) is 70.7 Å². The molecule has 0 aliphatic carbocycles. The maximum Gasteiger partial charge on any atom is 0.273 e. The van der Waals surface area contributed by atoms with Gasteiger partial charge in [-0.1, -0.05) is 18.2 Å². The van der Waals surface area contributed by atoms with Crippen LogP contribution in [-0.2, 0) is 0 Å². The first kappa shape index (κ1) is 13.1. The van der Waals surface area contributed by atoms with Crippen LogP contribution in [0.15, 0.2) is 54.9 Å². The van der Waals surface area contributed by atoms with Gasteiger partial charge in [-0.2, -0.15) is 5.10 Å². The molecule has 5 heteroatoms. The number of benzene rings is 1. The molecular formula is C16H14N4O. The SMILES string of the molecule is Cc1ccccc1NC(=O)c1cc(-c2cccnc2)n[nH]1. The normalized spacial score (nSPS) is 10.3. The van der Waals surface area contributed by atoms with Crippen LogP contribution in [0.1, 0.15) is 16.1 Å². The van der Waals surface area contributed by atoms with Crippen molar-refractivity contribution in [2.75, 3.05) is 5.32 Å². The van der Waals surface area contributed by atoms with E-state index in [1.54, 1.807) is 18.5 Å². The number of anilines is 1. The van der Waals surface area contributed by atoms with Crippen LogP contribution in [0.4, 0.5) is 5.69 Å². The molecule has 0 aliphatic heterocycles. The van der Waals surface area contributed by atoms with Gasteiger partial charge in [-0.3, -0.25) is 14.9 Å². The summed E-state index contributed by atoms with van der Waals surface area (Å²) in [6, 6.07) is 13.1. The molecule has 0 spiro atoms. The lowest BCUT2D eigenvalue weighted by atomic mass is 10.2. The molecule has 0 atom stereocenters. The first-order valence-electron chi connectivity index (χ1n) is 6.57. The molecular weight excluding hydrogens is 264 g/mol. The third-order valence-electron chi connectivity index (χ3n) is 3.17. The lowest BCUT2D eigenvalue weighted by molar-refractivity contribution is 0.102. The maximum absolute atomic E-state index is 12.2. The van der Waals surface area contributed by atoms with Crippen LogP contribution in [0.3, 0.4) is 0 Å². The zero-order valence-electron chi connectivity index (χ0n) is 11.5. The van der Waals surface area contributed by atoms with Gasteiger partial charge >= 0.3 is 0 Å². The van der Waals surface area contributed by atoms with Crippen molar-refractivity contribution in [3.05, 3.63) is 66.1 Å². The van der Waals surface area contributed by atoms with E-state index in [0.29, 0.717) is 11.4 Å². The van der Waals surface area contributed by atoms with Gasteiger partial charge in [0.05, 0.1) is 5.69 Å². The number of carbonyl (C=O) groups excluding carboxylic acids is 1. The second kappa shape index (κ2) is 5.58. The Hall–Kier alpha value is -2.95. The molecule has 21 heavy (non-hydrogen) atoms. The number of aromatic amines is 1. The first-order chi connectivity index (χ1) is 10.2. The number of H-pyrrole nitrogens is 1. The monoisotopic (exact) mass is 278 g/mol. The van der Waals surface area contributed by atoms with Gasteiger partial charge in [0.2, 0.25) is 0 Å². The van der Waals surface area contributed by atoms with Gasteiger partial charge in [-0.15, -0.1) is 0 Å².